The predicted molar refractivity (Wildman–Crippen MR) is 114 cm³/mol. The smallest absolute Gasteiger partial charge is 0.257 e. The van der Waals surface area contributed by atoms with Gasteiger partial charge in [-0.1, -0.05) is 24.3 Å². The minimum atomic E-state index is -0.460. The van der Waals surface area contributed by atoms with Crippen molar-refractivity contribution in [2.45, 2.75) is 0 Å². The largest absolute Gasteiger partial charge is 0.337 e. The molecule has 0 aliphatic rings. The van der Waals surface area contributed by atoms with Crippen LogP contribution in [0.5, 0.6) is 0 Å². The Kier molecular flexibility index (Phi) is 6.56. The maximum Gasteiger partial charge on any atom is 0.257 e. The molecule has 0 radical (unpaired) electrons. The zero-order valence-corrected chi connectivity index (χ0v) is 17.1. The van der Waals surface area contributed by atoms with Gasteiger partial charge in [0.15, 0.2) is 0 Å². The van der Waals surface area contributed by atoms with Crippen molar-refractivity contribution in [2.75, 3.05) is 24.2 Å². The molecule has 1 heterocycles. The first kappa shape index (κ1) is 20.5. The topological polar surface area (TPSA) is 74.3 Å². The summed E-state index contributed by atoms with van der Waals surface area (Å²) in [5.74, 6) is -1.02. The monoisotopic (exact) mass is 456 g/mol. The number of carbonyl (C=O) groups excluding carboxylic acids is 2. The molecule has 0 atom stereocenters. The maximum absolute atomic E-state index is 13.9. The minimum Gasteiger partial charge on any atom is -0.337 e. The van der Waals surface area contributed by atoms with Crippen LogP contribution in [0.3, 0.4) is 0 Å². The summed E-state index contributed by atoms with van der Waals surface area (Å²) >= 11 is 3.36. The number of hydrogen-bond donors (Lipinski definition) is 2. The zero-order chi connectivity index (χ0) is 20.8. The van der Waals surface area contributed by atoms with Gasteiger partial charge in [0, 0.05) is 17.7 Å². The molecule has 29 heavy (non-hydrogen) atoms. The Bertz CT molecular complexity index is 1040. The minimum absolute atomic E-state index is 0.159. The van der Waals surface area contributed by atoms with Crippen LogP contribution in [0.2, 0.25) is 0 Å². The number of nitrogens with one attached hydrogen (secondary N) is 2. The van der Waals surface area contributed by atoms with Crippen LogP contribution in [-0.4, -0.2) is 35.3 Å². The van der Waals surface area contributed by atoms with Gasteiger partial charge in [-0.2, -0.15) is 0 Å². The van der Waals surface area contributed by atoms with E-state index in [9.17, 15) is 14.0 Å². The van der Waals surface area contributed by atoms with Crippen molar-refractivity contribution < 1.29 is 14.0 Å². The van der Waals surface area contributed by atoms with Gasteiger partial charge in [0.2, 0.25) is 5.91 Å². The number of pyridine rings is 1. The number of nitrogens with zero attached hydrogens (tertiary/aromatic N) is 2. The van der Waals surface area contributed by atoms with E-state index < -0.39 is 11.7 Å². The van der Waals surface area contributed by atoms with E-state index in [4.69, 9.17) is 0 Å². The van der Waals surface area contributed by atoms with E-state index in [1.54, 1.807) is 48.5 Å². The van der Waals surface area contributed by atoms with Crippen LogP contribution in [0.25, 0.3) is 0 Å². The predicted octanol–water partition coefficient (Wildman–Crippen LogP) is 4.44. The number of amides is 2. The molecule has 2 N–H and O–H groups in total. The summed E-state index contributed by atoms with van der Waals surface area (Å²) in [6.45, 7) is -0.159. The van der Waals surface area contributed by atoms with Gasteiger partial charge in [-0.3, -0.25) is 9.59 Å². The standard InChI is InChI=1S/C21H18BrFN4O2/c1-27(13-19(28)25-17-10-4-2-8-15(17)22)21(29)14-7-6-12-24-20(14)26-18-11-5-3-9-16(18)23/h2-12H,13H2,1H3,(H,24,26)(H,25,28). The highest BCUT2D eigenvalue weighted by Crippen LogP contribution is 2.23. The summed E-state index contributed by atoms with van der Waals surface area (Å²) in [7, 11) is 1.52. The molecule has 148 valence electrons. The summed E-state index contributed by atoms with van der Waals surface area (Å²) in [6.07, 6.45) is 1.50. The van der Waals surface area contributed by atoms with Gasteiger partial charge in [-0.25, -0.2) is 9.37 Å². The van der Waals surface area contributed by atoms with Crippen LogP contribution >= 0.6 is 15.9 Å². The molecule has 3 aromatic rings. The first-order chi connectivity index (χ1) is 14.0. The fraction of sp³-hybridized carbons (Fsp3) is 0.0952. The second kappa shape index (κ2) is 9.29. The molecule has 6 nitrogen and oxygen atoms in total. The van der Waals surface area contributed by atoms with Gasteiger partial charge >= 0.3 is 0 Å². The van der Waals surface area contributed by atoms with Gasteiger partial charge in [0.05, 0.1) is 23.5 Å². The number of likely N-dealkylation sites (N-methyl/N-ethyl adjacent to an activating group) is 1. The normalized spacial score (nSPS) is 10.3. The van der Waals surface area contributed by atoms with Gasteiger partial charge in [-0.05, 0) is 52.3 Å². The second-order valence-corrected chi connectivity index (χ2v) is 7.05. The number of carbonyl (C=O) groups is 2. The lowest BCUT2D eigenvalue weighted by Gasteiger charge is -2.19. The highest BCUT2D eigenvalue weighted by atomic mass is 79.9. The van der Waals surface area contributed by atoms with Crippen LogP contribution in [-0.2, 0) is 4.79 Å². The number of para-hydroxylation sites is 2. The van der Waals surface area contributed by atoms with Crippen molar-refractivity contribution in [1.29, 1.82) is 0 Å². The van der Waals surface area contributed by atoms with Crippen molar-refractivity contribution >= 4 is 44.9 Å². The van der Waals surface area contributed by atoms with E-state index in [0.717, 1.165) is 4.47 Å². The summed E-state index contributed by atoms with van der Waals surface area (Å²) in [5, 5.41) is 5.59. The van der Waals surface area contributed by atoms with Gasteiger partial charge in [0.1, 0.15) is 11.6 Å². The van der Waals surface area contributed by atoms with E-state index in [1.165, 1.54) is 24.2 Å². The van der Waals surface area contributed by atoms with Crippen molar-refractivity contribution in [3.8, 4) is 0 Å². The molecule has 0 spiro atoms. The van der Waals surface area contributed by atoms with Gasteiger partial charge < -0.3 is 15.5 Å². The summed E-state index contributed by atoms with van der Waals surface area (Å²) in [4.78, 5) is 30.6. The number of benzene rings is 2. The molecule has 0 saturated heterocycles. The van der Waals surface area contributed by atoms with Gasteiger partial charge in [-0.15, -0.1) is 0 Å². The number of rotatable bonds is 6. The fourth-order valence-corrected chi connectivity index (χ4v) is 3.00. The summed E-state index contributed by atoms with van der Waals surface area (Å²) in [6, 6.07) is 16.5. The molecule has 3 rings (SSSR count). The quantitative estimate of drug-likeness (QED) is 0.574. The third kappa shape index (κ3) is 5.17. The number of hydrogen-bond acceptors (Lipinski definition) is 4. The third-order valence-corrected chi connectivity index (χ3v) is 4.73. The van der Waals surface area contributed by atoms with Crippen molar-refractivity contribution in [3.05, 3.63) is 82.7 Å². The fourth-order valence-electron chi connectivity index (χ4n) is 2.61. The molecule has 0 aliphatic carbocycles. The van der Waals surface area contributed by atoms with Crippen LogP contribution in [0, 0.1) is 5.82 Å². The Balaban J connectivity index is 1.72. The van der Waals surface area contributed by atoms with E-state index in [1.807, 2.05) is 6.07 Å². The lowest BCUT2D eigenvalue weighted by atomic mass is 10.2. The number of halogens is 2. The Hall–Kier alpha value is -3.26. The Morgan fingerprint density at radius 2 is 1.72 bits per heavy atom. The molecule has 8 heteroatoms. The van der Waals surface area contributed by atoms with Crippen molar-refractivity contribution in [2.24, 2.45) is 0 Å². The second-order valence-electron chi connectivity index (χ2n) is 6.19. The molecule has 0 unspecified atom stereocenters. The van der Waals surface area contributed by atoms with E-state index >= 15 is 0 Å². The van der Waals surface area contributed by atoms with Crippen LogP contribution in [0.1, 0.15) is 10.4 Å². The molecular weight excluding hydrogens is 439 g/mol. The molecular formula is C21H18BrFN4O2. The average Bonchev–Trinajstić information content (AvgIpc) is 2.71. The molecule has 0 bridgehead atoms. The van der Waals surface area contributed by atoms with E-state index in [2.05, 4.69) is 31.5 Å². The molecule has 2 aromatic carbocycles. The lowest BCUT2D eigenvalue weighted by molar-refractivity contribution is -0.116. The zero-order valence-electron chi connectivity index (χ0n) is 15.5. The summed E-state index contributed by atoms with van der Waals surface area (Å²) in [5.41, 5.74) is 1.04. The van der Waals surface area contributed by atoms with Crippen molar-refractivity contribution in [1.82, 2.24) is 9.88 Å². The first-order valence-corrected chi connectivity index (χ1v) is 9.51. The SMILES string of the molecule is CN(CC(=O)Nc1ccccc1Br)C(=O)c1cccnc1Nc1ccccc1F. The molecule has 2 amide bonds. The van der Waals surface area contributed by atoms with E-state index in [-0.39, 0.29) is 29.5 Å². The van der Waals surface area contributed by atoms with Crippen LogP contribution in [0.4, 0.5) is 21.6 Å². The Labute approximate surface area is 175 Å². The van der Waals surface area contributed by atoms with E-state index in [0.29, 0.717) is 5.69 Å². The highest BCUT2D eigenvalue weighted by molar-refractivity contribution is 9.10. The molecule has 1 aromatic heterocycles. The van der Waals surface area contributed by atoms with Crippen LogP contribution < -0.4 is 10.6 Å². The Morgan fingerprint density at radius 1 is 1.03 bits per heavy atom. The summed E-state index contributed by atoms with van der Waals surface area (Å²) < 4.78 is 14.7. The number of aromatic nitrogens is 1. The molecule has 0 fully saturated rings. The maximum atomic E-state index is 13.9. The Morgan fingerprint density at radius 3 is 2.45 bits per heavy atom. The lowest BCUT2D eigenvalue weighted by Crippen LogP contribution is -2.35. The molecule has 0 aliphatic heterocycles. The van der Waals surface area contributed by atoms with Crippen molar-refractivity contribution in [3.63, 3.8) is 0 Å². The first-order valence-electron chi connectivity index (χ1n) is 8.72. The number of anilines is 3. The molecule has 0 saturated carbocycles. The highest BCUT2D eigenvalue weighted by Gasteiger charge is 2.20. The average molecular weight is 457 g/mol. The van der Waals surface area contributed by atoms with Gasteiger partial charge in [0.25, 0.3) is 5.91 Å². The third-order valence-electron chi connectivity index (χ3n) is 4.04. The van der Waals surface area contributed by atoms with Crippen LogP contribution in [0.15, 0.2) is 71.3 Å².